The number of amides is 2. The molecule has 1 aromatic rings. The number of likely N-dealkylation sites (tertiary alicyclic amines) is 1. The first-order valence-electron chi connectivity index (χ1n) is 9.40. The van der Waals surface area contributed by atoms with Gasteiger partial charge < -0.3 is 9.80 Å². The Kier molecular flexibility index (Phi) is 5.74. The summed E-state index contributed by atoms with van der Waals surface area (Å²) in [5.41, 5.74) is 0.773. The summed E-state index contributed by atoms with van der Waals surface area (Å²) >= 11 is 0. The summed E-state index contributed by atoms with van der Waals surface area (Å²) in [6, 6.07) is 9.81. The molecule has 0 aromatic heterocycles. The van der Waals surface area contributed by atoms with Gasteiger partial charge in [0.25, 0.3) is 5.91 Å². The Hall–Kier alpha value is -1.88. The van der Waals surface area contributed by atoms with Crippen molar-refractivity contribution in [1.29, 1.82) is 0 Å². The number of piperazine rings is 1. The van der Waals surface area contributed by atoms with E-state index >= 15 is 0 Å². The number of benzene rings is 1. The van der Waals surface area contributed by atoms with E-state index in [2.05, 4.69) is 18.7 Å². The summed E-state index contributed by atoms with van der Waals surface area (Å²) in [6.07, 6.45) is 1.67. The second-order valence-electron chi connectivity index (χ2n) is 7.50. The molecule has 1 unspecified atom stereocenters. The molecule has 5 nitrogen and oxygen atoms in total. The molecule has 2 aliphatic heterocycles. The monoisotopic (exact) mass is 343 g/mol. The van der Waals surface area contributed by atoms with Gasteiger partial charge in [0, 0.05) is 57.3 Å². The highest BCUT2D eigenvalue weighted by atomic mass is 16.2. The maximum absolute atomic E-state index is 12.5. The predicted octanol–water partition coefficient (Wildman–Crippen LogP) is 2.09. The molecule has 2 heterocycles. The number of piperidine rings is 1. The number of carbonyl (C=O) groups is 2. The van der Waals surface area contributed by atoms with E-state index in [9.17, 15) is 9.59 Å². The molecule has 0 spiro atoms. The number of rotatable bonds is 4. The fourth-order valence-electron chi connectivity index (χ4n) is 3.85. The third-order valence-corrected chi connectivity index (χ3v) is 5.36. The molecule has 0 aliphatic carbocycles. The first kappa shape index (κ1) is 17.9. The number of hydrogen-bond donors (Lipinski definition) is 0. The molecule has 2 aliphatic rings. The maximum Gasteiger partial charge on any atom is 0.253 e. The van der Waals surface area contributed by atoms with E-state index in [0.717, 1.165) is 51.3 Å². The van der Waals surface area contributed by atoms with Gasteiger partial charge in [-0.05, 0) is 38.3 Å². The van der Waals surface area contributed by atoms with Crippen molar-refractivity contribution in [1.82, 2.24) is 14.7 Å². The van der Waals surface area contributed by atoms with E-state index in [-0.39, 0.29) is 11.9 Å². The van der Waals surface area contributed by atoms with E-state index in [4.69, 9.17) is 0 Å². The lowest BCUT2D eigenvalue weighted by atomic mass is 9.95. The van der Waals surface area contributed by atoms with Crippen LogP contribution in [0.15, 0.2) is 30.3 Å². The first-order valence-corrected chi connectivity index (χ1v) is 9.40. The van der Waals surface area contributed by atoms with Crippen molar-refractivity contribution >= 4 is 11.8 Å². The number of carbonyl (C=O) groups excluding carboxylic acids is 2. The Morgan fingerprint density at radius 3 is 2.44 bits per heavy atom. The van der Waals surface area contributed by atoms with Crippen LogP contribution in [0.25, 0.3) is 0 Å². The second-order valence-corrected chi connectivity index (χ2v) is 7.50. The van der Waals surface area contributed by atoms with Gasteiger partial charge >= 0.3 is 0 Å². The second kappa shape index (κ2) is 8.00. The Balaban J connectivity index is 1.48. The van der Waals surface area contributed by atoms with Crippen molar-refractivity contribution in [3.8, 4) is 0 Å². The van der Waals surface area contributed by atoms with Crippen LogP contribution in [-0.4, -0.2) is 71.8 Å². The van der Waals surface area contributed by atoms with Gasteiger partial charge in [0.2, 0.25) is 5.91 Å². The van der Waals surface area contributed by atoms with Crippen LogP contribution in [0.4, 0.5) is 0 Å². The van der Waals surface area contributed by atoms with Gasteiger partial charge in [-0.3, -0.25) is 14.5 Å². The lowest BCUT2D eigenvalue weighted by Gasteiger charge is -2.40. The fourth-order valence-corrected chi connectivity index (χ4v) is 3.85. The fraction of sp³-hybridized carbons (Fsp3) is 0.600. The first-order chi connectivity index (χ1) is 12.0. The molecule has 1 aromatic carbocycles. The Morgan fingerprint density at radius 2 is 1.80 bits per heavy atom. The van der Waals surface area contributed by atoms with E-state index in [0.29, 0.717) is 18.2 Å². The smallest absolute Gasteiger partial charge is 0.253 e. The minimum absolute atomic E-state index is 0.134. The van der Waals surface area contributed by atoms with E-state index < -0.39 is 0 Å². The van der Waals surface area contributed by atoms with Gasteiger partial charge in [0.05, 0.1) is 0 Å². The summed E-state index contributed by atoms with van der Waals surface area (Å²) in [7, 11) is 0. The third-order valence-electron chi connectivity index (χ3n) is 5.36. The number of hydrogen-bond acceptors (Lipinski definition) is 3. The van der Waals surface area contributed by atoms with Crippen LogP contribution in [-0.2, 0) is 4.79 Å². The summed E-state index contributed by atoms with van der Waals surface area (Å²) in [5, 5.41) is 0. The average Bonchev–Trinajstić information content (AvgIpc) is 2.64. The molecular weight excluding hydrogens is 314 g/mol. The molecule has 1 atom stereocenters. The zero-order valence-corrected chi connectivity index (χ0v) is 15.4. The zero-order valence-electron chi connectivity index (χ0n) is 15.4. The summed E-state index contributed by atoms with van der Waals surface area (Å²) in [6.45, 7) is 9.50. The minimum atomic E-state index is 0.134. The normalized spacial score (nSPS) is 22.5. The highest BCUT2D eigenvalue weighted by molar-refractivity contribution is 5.94. The Morgan fingerprint density at radius 1 is 1.12 bits per heavy atom. The van der Waals surface area contributed by atoms with Crippen molar-refractivity contribution in [3.05, 3.63) is 35.9 Å². The largest absolute Gasteiger partial charge is 0.340 e. The molecule has 0 N–H and O–H groups in total. The van der Waals surface area contributed by atoms with Gasteiger partial charge in [-0.1, -0.05) is 18.2 Å². The quantitative estimate of drug-likeness (QED) is 0.841. The molecule has 0 radical (unpaired) electrons. The van der Waals surface area contributed by atoms with Crippen molar-refractivity contribution in [2.24, 2.45) is 5.92 Å². The molecule has 0 saturated carbocycles. The van der Waals surface area contributed by atoms with Gasteiger partial charge in [0.15, 0.2) is 0 Å². The SMILES string of the molecule is CC(C)N1CC(CN2CCN(C(=O)c3ccccc3)CC2)CCC1=O. The third kappa shape index (κ3) is 4.40. The molecule has 2 saturated heterocycles. The van der Waals surface area contributed by atoms with Gasteiger partial charge in [0.1, 0.15) is 0 Å². The van der Waals surface area contributed by atoms with Crippen molar-refractivity contribution in [2.75, 3.05) is 39.3 Å². The Labute approximate surface area is 150 Å². The topological polar surface area (TPSA) is 43.9 Å². The number of nitrogens with zero attached hydrogens (tertiary/aromatic N) is 3. The zero-order chi connectivity index (χ0) is 17.8. The molecule has 3 rings (SSSR count). The molecule has 5 heteroatoms. The summed E-state index contributed by atoms with van der Waals surface area (Å²) in [5.74, 6) is 0.982. The van der Waals surface area contributed by atoms with Gasteiger partial charge in [-0.2, -0.15) is 0 Å². The summed E-state index contributed by atoms with van der Waals surface area (Å²) < 4.78 is 0. The van der Waals surface area contributed by atoms with E-state index in [1.165, 1.54) is 0 Å². The molecular formula is C20H29N3O2. The minimum Gasteiger partial charge on any atom is -0.340 e. The predicted molar refractivity (Wildman–Crippen MR) is 98.4 cm³/mol. The van der Waals surface area contributed by atoms with Crippen LogP contribution in [0.5, 0.6) is 0 Å². The lowest BCUT2D eigenvalue weighted by Crippen LogP contribution is -2.52. The van der Waals surface area contributed by atoms with Gasteiger partial charge in [-0.25, -0.2) is 0 Å². The van der Waals surface area contributed by atoms with Crippen LogP contribution in [0, 0.1) is 5.92 Å². The lowest BCUT2D eigenvalue weighted by molar-refractivity contribution is -0.137. The van der Waals surface area contributed by atoms with E-state index in [1.807, 2.05) is 40.1 Å². The van der Waals surface area contributed by atoms with Crippen LogP contribution < -0.4 is 0 Å². The highest BCUT2D eigenvalue weighted by Gasteiger charge is 2.30. The average molecular weight is 343 g/mol. The molecule has 25 heavy (non-hydrogen) atoms. The van der Waals surface area contributed by atoms with Crippen LogP contribution in [0.3, 0.4) is 0 Å². The van der Waals surface area contributed by atoms with Crippen LogP contribution in [0.1, 0.15) is 37.0 Å². The highest BCUT2D eigenvalue weighted by Crippen LogP contribution is 2.21. The van der Waals surface area contributed by atoms with Crippen molar-refractivity contribution in [3.63, 3.8) is 0 Å². The van der Waals surface area contributed by atoms with Crippen LogP contribution in [0.2, 0.25) is 0 Å². The standard InChI is InChI=1S/C20H29N3O2/c1-16(2)23-15-17(8-9-19(23)24)14-21-10-12-22(13-11-21)20(25)18-6-4-3-5-7-18/h3-7,16-17H,8-15H2,1-2H3. The molecule has 0 bridgehead atoms. The maximum atomic E-state index is 12.5. The van der Waals surface area contributed by atoms with Crippen molar-refractivity contribution in [2.45, 2.75) is 32.7 Å². The van der Waals surface area contributed by atoms with Gasteiger partial charge in [-0.15, -0.1) is 0 Å². The molecule has 136 valence electrons. The van der Waals surface area contributed by atoms with Crippen LogP contribution >= 0.6 is 0 Å². The molecule has 2 amide bonds. The molecule has 2 fully saturated rings. The van der Waals surface area contributed by atoms with Crippen molar-refractivity contribution < 1.29 is 9.59 Å². The van der Waals surface area contributed by atoms with E-state index in [1.54, 1.807) is 0 Å². The summed E-state index contributed by atoms with van der Waals surface area (Å²) in [4.78, 5) is 30.9. The Bertz CT molecular complexity index is 594.